The first-order valence-corrected chi connectivity index (χ1v) is 3.43. The molecular weight excluding hydrogens is 407 g/mol. The van der Waals surface area contributed by atoms with Crippen molar-refractivity contribution in [1.82, 2.24) is 0 Å². The number of halogens is 3. The van der Waals surface area contributed by atoms with Crippen molar-refractivity contribution < 1.29 is 22.4 Å². The van der Waals surface area contributed by atoms with Crippen molar-refractivity contribution in [1.29, 1.82) is 0 Å². The minimum atomic E-state index is 0. The van der Waals surface area contributed by atoms with Crippen LogP contribution in [0.3, 0.4) is 0 Å². The molecule has 0 saturated heterocycles. The van der Waals surface area contributed by atoms with Crippen LogP contribution >= 0.6 is 37.2 Å². The monoisotopic (exact) mass is 419 g/mol. The average Bonchev–Trinajstić information content (AvgIpc) is 2.67. The number of hydrogen-bond donors (Lipinski definition) is 0. The summed E-state index contributed by atoms with van der Waals surface area (Å²) in [5.74, 6) is 0. The molecule has 0 amide bonds. The van der Waals surface area contributed by atoms with Gasteiger partial charge in [-0.25, -0.2) is 24.3 Å². The van der Waals surface area contributed by atoms with E-state index >= 15 is 0 Å². The van der Waals surface area contributed by atoms with Gasteiger partial charge in [-0.15, -0.1) is 50.1 Å². The predicted octanol–water partition coefficient (Wildman–Crippen LogP) is 3.87. The van der Waals surface area contributed by atoms with Crippen LogP contribution in [0.25, 0.3) is 0 Å². The van der Waals surface area contributed by atoms with Crippen molar-refractivity contribution in [3.8, 4) is 0 Å². The van der Waals surface area contributed by atoms with Gasteiger partial charge >= 0.3 is 22.4 Å². The molecule has 0 fully saturated rings. The van der Waals surface area contributed by atoms with E-state index in [1.54, 1.807) is 0 Å². The van der Waals surface area contributed by atoms with E-state index in [2.05, 4.69) is 24.3 Å². The quantitative estimate of drug-likeness (QED) is 0.522. The Morgan fingerprint density at radius 1 is 0.714 bits per heavy atom. The van der Waals surface area contributed by atoms with E-state index in [1.165, 1.54) is 0 Å². The Hall–Kier alpha value is 0.570. The molecule has 0 N–H and O–H groups in total. The first-order valence-electron chi connectivity index (χ1n) is 3.43. The Kier molecular flexibility index (Phi) is 32.9. The van der Waals surface area contributed by atoms with E-state index in [4.69, 9.17) is 0 Å². The Morgan fingerprint density at radius 3 is 1.14 bits per heavy atom. The molecule has 0 spiro atoms. The normalized spacial score (nSPS) is 12.6. The van der Waals surface area contributed by atoms with Crippen LogP contribution in [-0.2, 0) is 22.4 Å². The summed E-state index contributed by atoms with van der Waals surface area (Å²) in [5, 5.41) is 0. The van der Waals surface area contributed by atoms with Gasteiger partial charge in [0.2, 0.25) is 0 Å². The molecule has 0 aliphatic heterocycles. The van der Waals surface area contributed by atoms with Crippen LogP contribution in [0.5, 0.6) is 0 Å². The zero-order chi connectivity index (χ0) is 7.07. The van der Waals surface area contributed by atoms with Crippen molar-refractivity contribution in [3.63, 3.8) is 0 Å². The van der Waals surface area contributed by atoms with Crippen molar-refractivity contribution in [2.24, 2.45) is 0 Å². The molecule has 0 heterocycles. The summed E-state index contributed by atoms with van der Waals surface area (Å²) in [7, 11) is 0. The fourth-order valence-corrected chi connectivity index (χ4v) is 0.680. The molecule has 0 saturated carbocycles. The molecule has 0 atom stereocenters. The van der Waals surface area contributed by atoms with Gasteiger partial charge in [-0.05, 0) is 0 Å². The van der Waals surface area contributed by atoms with E-state index < -0.39 is 0 Å². The SMILES string of the molecule is Cl.Cl.Cl.[C-]1=CC=CC1.[C-]1=CC=CC1.[Ta+2]. The van der Waals surface area contributed by atoms with Crippen molar-refractivity contribution >= 4 is 37.2 Å². The summed E-state index contributed by atoms with van der Waals surface area (Å²) >= 11 is 0. The second kappa shape index (κ2) is 19.2. The average molecular weight is 421 g/mol. The van der Waals surface area contributed by atoms with Crippen molar-refractivity contribution in [2.45, 2.75) is 12.8 Å². The van der Waals surface area contributed by atoms with Crippen molar-refractivity contribution in [2.75, 3.05) is 0 Å². The van der Waals surface area contributed by atoms with Gasteiger partial charge in [-0.2, -0.15) is 12.2 Å². The molecule has 0 aromatic rings. The van der Waals surface area contributed by atoms with Gasteiger partial charge in [-0.1, -0.05) is 0 Å². The second-order valence-electron chi connectivity index (χ2n) is 2.01. The van der Waals surface area contributed by atoms with Crippen LogP contribution in [0.4, 0.5) is 0 Å². The fourth-order valence-electron chi connectivity index (χ4n) is 0.680. The van der Waals surface area contributed by atoms with Crippen LogP contribution in [0.15, 0.2) is 36.5 Å². The standard InChI is InChI=1S/2C5H5.3ClH.Ta/c2*1-2-4-5-3-1;;;;/h2*1-3H,4H2;3*1H;/q2*-1;;;;+2. The fraction of sp³-hybridized carbons (Fsp3) is 0.200. The van der Waals surface area contributed by atoms with Crippen molar-refractivity contribution in [3.05, 3.63) is 48.6 Å². The van der Waals surface area contributed by atoms with E-state index in [0.717, 1.165) is 12.8 Å². The Balaban J connectivity index is -0.0000000556. The first kappa shape index (κ1) is 24.0. The molecule has 2 aliphatic rings. The summed E-state index contributed by atoms with van der Waals surface area (Å²) in [6.07, 6.45) is 20.0. The Morgan fingerprint density at radius 2 is 1.07 bits per heavy atom. The predicted molar refractivity (Wildman–Crippen MR) is 64.9 cm³/mol. The third-order valence-electron chi connectivity index (χ3n) is 1.17. The summed E-state index contributed by atoms with van der Waals surface area (Å²) in [5.41, 5.74) is 0. The molecule has 79 valence electrons. The molecule has 14 heavy (non-hydrogen) atoms. The molecule has 2 aliphatic carbocycles. The molecule has 0 unspecified atom stereocenters. The summed E-state index contributed by atoms with van der Waals surface area (Å²) in [6, 6.07) is 0. The Bertz CT molecular complexity index is 154. The van der Waals surface area contributed by atoms with Crippen LogP contribution in [0.1, 0.15) is 12.8 Å². The van der Waals surface area contributed by atoms with Gasteiger partial charge < -0.3 is 0 Å². The van der Waals surface area contributed by atoms with Gasteiger partial charge in [0, 0.05) is 0 Å². The van der Waals surface area contributed by atoms with E-state index in [9.17, 15) is 0 Å². The number of rotatable bonds is 0. The van der Waals surface area contributed by atoms with E-state index in [0.29, 0.717) is 0 Å². The smallest absolute Gasteiger partial charge is 0.273 e. The molecule has 0 bridgehead atoms. The molecule has 1 radical (unpaired) electrons. The minimum Gasteiger partial charge on any atom is -0.273 e. The maximum atomic E-state index is 2.99. The van der Waals surface area contributed by atoms with Gasteiger partial charge in [0.1, 0.15) is 0 Å². The molecule has 0 aromatic heterocycles. The Labute approximate surface area is 120 Å². The van der Waals surface area contributed by atoms with Crippen LogP contribution < -0.4 is 0 Å². The maximum absolute atomic E-state index is 2.99. The second-order valence-corrected chi connectivity index (χ2v) is 2.01. The maximum Gasteiger partial charge on any atom is 2.00 e. The molecule has 0 aromatic carbocycles. The third kappa shape index (κ3) is 15.1. The first-order chi connectivity index (χ1) is 5.00. The number of hydrogen-bond acceptors (Lipinski definition) is 0. The third-order valence-corrected chi connectivity index (χ3v) is 1.17. The molecular formula is C10H13Cl3Ta. The molecule has 0 nitrogen and oxygen atoms in total. The minimum absolute atomic E-state index is 0. The van der Waals surface area contributed by atoms with Crippen LogP contribution in [-0.4, -0.2) is 0 Å². The van der Waals surface area contributed by atoms with E-state index in [-0.39, 0.29) is 59.6 Å². The molecule has 4 heteroatoms. The van der Waals surface area contributed by atoms with Crippen LogP contribution in [0, 0.1) is 12.2 Å². The van der Waals surface area contributed by atoms with Gasteiger partial charge in [-0.3, -0.25) is 12.2 Å². The molecule has 2 rings (SSSR count). The summed E-state index contributed by atoms with van der Waals surface area (Å²) in [4.78, 5) is 0. The summed E-state index contributed by atoms with van der Waals surface area (Å²) in [6.45, 7) is 0. The van der Waals surface area contributed by atoms with Gasteiger partial charge in [0.25, 0.3) is 0 Å². The van der Waals surface area contributed by atoms with E-state index in [1.807, 2.05) is 24.3 Å². The zero-order valence-corrected chi connectivity index (χ0v) is 13.2. The largest absolute Gasteiger partial charge is 2.00 e. The van der Waals surface area contributed by atoms with Gasteiger partial charge in [0.15, 0.2) is 0 Å². The topological polar surface area (TPSA) is 0 Å². The zero-order valence-electron chi connectivity index (χ0n) is 7.55. The summed E-state index contributed by atoms with van der Waals surface area (Å²) < 4.78 is 0. The van der Waals surface area contributed by atoms with Gasteiger partial charge in [0.05, 0.1) is 0 Å². The number of allylic oxidation sites excluding steroid dienone is 8. The van der Waals surface area contributed by atoms with Crippen LogP contribution in [0.2, 0.25) is 0 Å².